The number of rotatable bonds is 7. The van der Waals surface area contributed by atoms with Crippen LogP contribution in [-0.2, 0) is 17.9 Å². The minimum Gasteiger partial charge on any atom is -0.494 e. The Morgan fingerprint density at radius 1 is 1.22 bits per heavy atom. The highest BCUT2D eigenvalue weighted by Gasteiger charge is 2.05. The molecule has 23 heavy (non-hydrogen) atoms. The maximum Gasteiger partial charge on any atom is 0.253 e. The molecule has 0 spiro atoms. The van der Waals surface area contributed by atoms with Gasteiger partial charge in [0.05, 0.1) is 6.61 Å². The highest BCUT2D eigenvalue weighted by atomic mass is 16.5. The molecule has 0 radical (unpaired) electrons. The molecule has 1 N–H and O–H groups in total. The molecule has 2 rings (SSSR count). The van der Waals surface area contributed by atoms with Gasteiger partial charge in [0.1, 0.15) is 12.3 Å². The minimum atomic E-state index is -0.191. The fourth-order valence-corrected chi connectivity index (χ4v) is 2.12. The van der Waals surface area contributed by atoms with Crippen LogP contribution in [0, 0.1) is 6.92 Å². The molecule has 0 aliphatic rings. The van der Waals surface area contributed by atoms with E-state index < -0.39 is 0 Å². The Morgan fingerprint density at radius 2 is 1.96 bits per heavy atom. The second-order valence-electron chi connectivity index (χ2n) is 5.39. The maximum absolute atomic E-state index is 12.0. The van der Waals surface area contributed by atoms with Crippen molar-refractivity contribution in [3.8, 4) is 5.75 Å². The van der Waals surface area contributed by atoms with Crippen molar-refractivity contribution in [3.63, 3.8) is 0 Å². The Bertz CT molecular complexity index is 705. The average molecular weight is 314 g/mol. The van der Waals surface area contributed by atoms with Gasteiger partial charge >= 0.3 is 0 Å². The molecule has 0 aliphatic heterocycles. The number of hydrogen-bond acceptors (Lipinski definition) is 3. The number of nitrogens with zero attached hydrogens (tertiary/aromatic N) is 1. The first-order valence-electron chi connectivity index (χ1n) is 7.74. The molecule has 0 aliphatic carbocycles. The van der Waals surface area contributed by atoms with E-state index in [1.54, 1.807) is 25.3 Å². The van der Waals surface area contributed by atoms with Crippen LogP contribution in [0.25, 0.3) is 0 Å². The molecule has 5 nitrogen and oxygen atoms in total. The molecular weight excluding hydrogens is 292 g/mol. The molecule has 122 valence electrons. The van der Waals surface area contributed by atoms with Crippen LogP contribution < -0.4 is 15.6 Å². The Hall–Kier alpha value is -2.56. The van der Waals surface area contributed by atoms with Gasteiger partial charge in [0, 0.05) is 18.3 Å². The van der Waals surface area contributed by atoms with Crippen LogP contribution in [0.5, 0.6) is 5.75 Å². The number of aromatic nitrogens is 1. The molecule has 0 unspecified atom stereocenters. The van der Waals surface area contributed by atoms with Crippen LogP contribution in [0.3, 0.4) is 0 Å². The van der Waals surface area contributed by atoms with E-state index >= 15 is 0 Å². The first-order chi connectivity index (χ1) is 11.1. The molecule has 0 saturated carbocycles. The number of carbonyl (C=O) groups is 1. The summed E-state index contributed by atoms with van der Waals surface area (Å²) in [5.74, 6) is 0.636. The van der Waals surface area contributed by atoms with Crippen LogP contribution in [-0.4, -0.2) is 17.1 Å². The molecule has 0 fully saturated rings. The number of hydrogen-bond donors (Lipinski definition) is 1. The average Bonchev–Trinajstić information content (AvgIpc) is 2.56. The van der Waals surface area contributed by atoms with Gasteiger partial charge in [-0.2, -0.15) is 0 Å². The van der Waals surface area contributed by atoms with E-state index in [0.717, 1.165) is 17.7 Å². The van der Waals surface area contributed by atoms with Crippen LogP contribution in [0.15, 0.2) is 47.4 Å². The van der Waals surface area contributed by atoms with Crippen molar-refractivity contribution in [2.45, 2.75) is 33.4 Å². The minimum absolute atomic E-state index is 0.0260. The van der Waals surface area contributed by atoms with Gasteiger partial charge in [-0.05, 0) is 37.1 Å². The second-order valence-corrected chi connectivity index (χ2v) is 5.39. The lowest BCUT2D eigenvalue weighted by molar-refractivity contribution is -0.121. The Labute approximate surface area is 135 Å². The number of carbonyl (C=O) groups excluding carboxylic acids is 1. The first kappa shape index (κ1) is 16.8. The number of amides is 1. The van der Waals surface area contributed by atoms with Crippen LogP contribution >= 0.6 is 0 Å². The smallest absolute Gasteiger partial charge is 0.253 e. The van der Waals surface area contributed by atoms with Crippen molar-refractivity contribution in [3.05, 3.63) is 64.1 Å². The largest absolute Gasteiger partial charge is 0.494 e. The number of ether oxygens (including phenoxy) is 1. The third-order valence-corrected chi connectivity index (χ3v) is 3.41. The topological polar surface area (TPSA) is 60.3 Å². The van der Waals surface area contributed by atoms with Gasteiger partial charge in [-0.25, -0.2) is 0 Å². The van der Waals surface area contributed by atoms with Crippen LogP contribution in [0.4, 0.5) is 0 Å². The summed E-state index contributed by atoms with van der Waals surface area (Å²) in [6.07, 6.45) is 2.59. The van der Waals surface area contributed by atoms with Crippen LogP contribution in [0.1, 0.15) is 24.5 Å². The predicted octanol–water partition coefficient (Wildman–Crippen LogP) is 2.26. The molecule has 1 amide bonds. The zero-order chi connectivity index (χ0) is 16.7. The Balaban J connectivity index is 1.86. The predicted molar refractivity (Wildman–Crippen MR) is 89.5 cm³/mol. The number of pyridine rings is 1. The highest BCUT2D eigenvalue weighted by molar-refractivity contribution is 5.75. The summed E-state index contributed by atoms with van der Waals surface area (Å²) in [5, 5.41) is 2.82. The monoisotopic (exact) mass is 314 g/mol. The van der Waals surface area contributed by atoms with Crippen molar-refractivity contribution >= 4 is 5.91 Å². The molecule has 0 atom stereocenters. The molecule has 2 aromatic rings. The van der Waals surface area contributed by atoms with Crippen molar-refractivity contribution in [1.29, 1.82) is 0 Å². The van der Waals surface area contributed by atoms with Gasteiger partial charge in [0.25, 0.3) is 5.56 Å². The normalized spacial score (nSPS) is 10.3. The molecule has 1 heterocycles. The Morgan fingerprint density at radius 3 is 2.65 bits per heavy atom. The van der Waals surface area contributed by atoms with Gasteiger partial charge in [0.2, 0.25) is 5.91 Å². The SMILES string of the molecule is CCCOc1ccc(CNC(=O)Cn2cccc(C)c2=O)cc1. The quantitative estimate of drug-likeness (QED) is 0.853. The fourth-order valence-electron chi connectivity index (χ4n) is 2.12. The summed E-state index contributed by atoms with van der Waals surface area (Å²) in [6.45, 7) is 4.94. The number of nitrogens with one attached hydrogen (secondary N) is 1. The van der Waals surface area contributed by atoms with Crippen molar-refractivity contribution in [1.82, 2.24) is 9.88 Å². The van der Waals surface area contributed by atoms with Crippen molar-refractivity contribution in [2.24, 2.45) is 0 Å². The van der Waals surface area contributed by atoms with E-state index in [0.29, 0.717) is 18.7 Å². The van der Waals surface area contributed by atoms with Gasteiger partial charge < -0.3 is 14.6 Å². The van der Waals surface area contributed by atoms with Gasteiger partial charge in [-0.15, -0.1) is 0 Å². The van der Waals surface area contributed by atoms with E-state index in [2.05, 4.69) is 12.2 Å². The molecule has 1 aromatic heterocycles. The zero-order valence-electron chi connectivity index (χ0n) is 13.5. The molecular formula is C18H22N2O3. The third kappa shape index (κ3) is 4.98. The zero-order valence-corrected chi connectivity index (χ0v) is 13.5. The first-order valence-corrected chi connectivity index (χ1v) is 7.74. The van der Waals surface area contributed by atoms with E-state index in [9.17, 15) is 9.59 Å². The van der Waals surface area contributed by atoms with Gasteiger partial charge in [0.15, 0.2) is 0 Å². The van der Waals surface area contributed by atoms with Crippen molar-refractivity contribution in [2.75, 3.05) is 6.61 Å². The summed E-state index contributed by atoms with van der Waals surface area (Å²) >= 11 is 0. The van der Waals surface area contributed by atoms with Gasteiger partial charge in [-0.1, -0.05) is 25.1 Å². The van der Waals surface area contributed by atoms with Gasteiger partial charge in [-0.3, -0.25) is 9.59 Å². The fraction of sp³-hybridized carbons (Fsp3) is 0.333. The second kappa shape index (κ2) is 8.17. The summed E-state index contributed by atoms with van der Waals surface area (Å²) in [4.78, 5) is 23.8. The third-order valence-electron chi connectivity index (χ3n) is 3.41. The molecule has 0 bridgehead atoms. The van der Waals surface area contributed by atoms with Crippen LogP contribution in [0.2, 0.25) is 0 Å². The van der Waals surface area contributed by atoms with E-state index in [1.165, 1.54) is 4.57 Å². The molecule has 0 saturated heterocycles. The van der Waals surface area contributed by atoms with Crippen molar-refractivity contribution < 1.29 is 9.53 Å². The lowest BCUT2D eigenvalue weighted by Crippen LogP contribution is -2.32. The highest BCUT2D eigenvalue weighted by Crippen LogP contribution is 2.12. The lowest BCUT2D eigenvalue weighted by Gasteiger charge is -2.09. The van der Waals surface area contributed by atoms with E-state index in [4.69, 9.17) is 4.74 Å². The summed E-state index contributed by atoms with van der Waals surface area (Å²) in [7, 11) is 0. The van der Waals surface area contributed by atoms with E-state index in [-0.39, 0.29) is 18.0 Å². The lowest BCUT2D eigenvalue weighted by atomic mass is 10.2. The maximum atomic E-state index is 12.0. The summed E-state index contributed by atoms with van der Waals surface area (Å²) in [6, 6.07) is 11.1. The van der Waals surface area contributed by atoms with E-state index in [1.807, 2.05) is 24.3 Å². The Kier molecular flexibility index (Phi) is 5.97. The molecule has 5 heteroatoms. The standard InChI is InChI=1S/C18H22N2O3/c1-3-11-23-16-8-6-15(7-9-16)12-19-17(21)13-20-10-4-5-14(2)18(20)22/h4-10H,3,11-13H2,1-2H3,(H,19,21). The summed E-state index contributed by atoms with van der Waals surface area (Å²) < 4.78 is 6.92. The number of benzene rings is 1. The number of aryl methyl sites for hydroxylation is 1. The summed E-state index contributed by atoms with van der Waals surface area (Å²) in [5.41, 5.74) is 1.47. The molecule has 1 aromatic carbocycles.